The zero-order chi connectivity index (χ0) is 17.2. The molecule has 0 aromatic heterocycles. The van der Waals surface area contributed by atoms with E-state index in [-0.39, 0.29) is 17.9 Å². The predicted octanol–water partition coefficient (Wildman–Crippen LogP) is 1.90. The number of nitrogens with zero attached hydrogens (tertiary/aromatic N) is 2. The first-order valence-corrected chi connectivity index (χ1v) is 10.4. The Morgan fingerprint density at radius 1 is 1.12 bits per heavy atom. The Balaban J connectivity index is 1.32. The quantitative estimate of drug-likeness (QED) is 0.896. The molecular weight excluding hydrogens is 334 g/mol. The zero-order valence-electron chi connectivity index (χ0n) is 14.4. The van der Waals surface area contributed by atoms with Gasteiger partial charge in [-0.1, -0.05) is 18.2 Å². The highest BCUT2D eigenvalue weighted by molar-refractivity contribution is 7.99. The van der Waals surface area contributed by atoms with E-state index in [4.69, 9.17) is 0 Å². The summed E-state index contributed by atoms with van der Waals surface area (Å²) in [5.74, 6) is 2.63. The van der Waals surface area contributed by atoms with Gasteiger partial charge < -0.3 is 10.2 Å². The van der Waals surface area contributed by atoms with Crippen LogP contribution < -0.4 is 5.32 Å². The monoisotopic (exact) mass is 359 g/mol. The second kappa shape index (κ2) is 7.38. The van der Waals surface area contributed by atoms with E-state index in [1.807, 2.05) is 29.2 Å². The van der Waals surface area contributed by atoms with E-state index in [1.54, 1.807) is 0 Å². The molecule has 4 rings (SSSR count). The minimum Gasteiger partial charge on any atom is -0.345 e. The minimum atomic E-state index is -0.176. The van der Waals surface area contributed by atoms with E-state index in [2.05, 4.69) is 22.0 Å². The molecule has 0 bridgehead atoms. The maximum Gasteiger partial charge on any atom is 0.252 e. The van der Waals surface area contributed by atoms with Gasteiger partial charge in [0.1, 0.15) is 0 Å². The molecule has 25 heavy (non-hydrogen) atoms. The zero-order valence-corrected chi connectivity index (χ0v) is 15.3. The SMILES string of the molecule is O=C1NC(CC(=O)N2CCN(C3CCSCC3)CC2)c2ccccc21. The number of hydrogen-bond acceptors (Lipinski definition) is 4. The third-order valence-corrected chi connectivity index (χ3v) is 6.69. The van der Waals surface area contributed by atoms with Crippen LogP contribution in [0.4, 0.5) is 0 Å². The van der Waals surface area contributed by atoms with Gasteiger partial charge in [-0.05, 0) is 36.0 Å². The average Bonchev–Trinajstić information content (AvgIpc) is 2.98. The van der Waals surface area contributed by atoms with E-state index in [0.29, 0.717) is 18.0 Å². The van der Waals surface area contributed by atoms with Crippen molar-refractivity contribution in [2.45, 2.75) is 31.3 Å². The van der Waals surface area contributed by atoms with Crippen LogP contribution in [0.15, 0.2) is 24.3 Å². The van der Waals surface area contributed by atoms with Gasteiger partial charge in [0.05, 0.1) is 12.5 Å². The van der Waals surface area contributed by atoms with Crippen molar-refractivity contribution in [2.24, 2.45) is 0 Å². The fourth-order valence-electron chi connectivity index (χ4n) is 4.17. The molecule has 2 saturated heterocycles. The first kappa shape index (κ1) is 16.9. The van der Waals surface area contributed by atoms with Crippen LogP contribution >= 0.6 is 11.8 Å². The second-order valence-corrected chi connectivity index (χ2v) is 8.30. The molecule has 2 fully saturated rings. The van der Waals surface area contributed by atoms with E-state index >= 15 is 0 Å². The molecule has 1 N–H and O–H groups in total. The van der Waals surface area contributed by atoms with Crippen molar-refractivity contribution < 1.29 is 9.59 Å². The summed E-state index contributed by atoms with van der Waals surface area (Å²) in [6.45, 7) is 3.58. The number of piperazine rings is 1. The van der Waals surface area contributed by atoms with Crippen molar-refractivity contribution in [3.8, 4) is 0 Å². The number of carbonyl (C=O) groups excluding carboxylic acids is 2. The van der Waals surface area contributed by atoms with Crippen LogP contribution in [0.2, 0.25) is 0 Å². The molecule has 2 amide bonds. The smallest absolute Gasteiger partial charge is 0.252 e. The van der Waals surface area contributed by atoms with Gasteiger partial charge in [-0.2, -0.15) is 11.8 Å². The van der Waals surface area contributed by atoms with Crippen LogP contribution in [0.5, 0.6) is 0 Å². The first-order valence-electron chi connectivity index (χ1n) is 9.22. The van der Waals surface area contributed by atoms with Crippen molar-refractivity contribution in [3.05, 3.63) is 35.4 Å². The average molecular weight is 359 g/mol. The molecule has 5 nitrogen and oxygen atoms in total. The molecule has 3 aliphatic rings. The molecule has 1 unspecified atom stereocenters. The number of fused-ring (bicyclic) bond motifs is 1. The topological polar surface area (TPSA) is 52.7 Å². The third kappa shape index (κ3) is 3.55. The number of hydrogen-bond donors (Lipinski definition) is 1. The van der Waals surface area contributed by atoms with E-state index in [9.17, 15) is 9.59 Å². The fourth-order valence-corrected chi connectivity index (χ4v) is 5.25. The molecule has 0 spiro atoms. The lowest BCUT2D eigenvalue weighted by Crippen LogP contribution is -2.52. The van der Waals surface area contributed by atoms with E-state index < -0.39 is 0 Å². The van der Waals surface area contributed by atoms with Crippen molar-refractivity contribution in [3.63, 3.8) is 0 Å². The first-order chi connectivity index (χ1) is 12.2. The lowest BCUT2D eigenvalue weighted by Gasteiger charge is -2.40. The molecular formula is C19H25N3O2S. The maximum atomic E-state index is 12.7. The summed E-state index contributed by atoms with van der Waals surface area (Å²) in [6, 6.07) is 8.10. The van der Waals surface area contributed by atoms with Crippen LogP contribution in [0, 0.1) is 0 Å². The summed E-state index contributed by atoms with van der Waals surface area (Å²) in [6.07, 6.45) is 2.93. The summed E-state index contributed by atoms with van der Waals surface area (Å²) in [7, 11) is 0. The molecule has 3 heterocycles. The molecule has 0 saturated carbocycles. The van der Waals surface area contributed by atoms with Crippen LogP contribution in [0.1, 0.15) is 41.2 Å². The summed E-state index contributed by atoms with van der Waals surface area (Å²) in [4.78, 5) is 29.3. The number of thioether (sulfide) groups is 1. The Bertz CT molecular complexity index is 652. The molecule has 1 atom stereocenters. The fraction of sp³-hybridized carbons (Fsp3) is 0.579. The molecule has 134 valence electrons. The lowest BCUT2D eigenvalue weighted by molar-refractivity contribution is -0.133. The van der Waals surface area contributed by atoms with Crippen LogP contribution in [0.3, 0.4) is 0 Å². The van der Waals surface area contributed by atoms with Gasteiger partial charge in [-0.3, -0.25) is 14.5 Å². The van der Waals surface area contributed by atoms with E-state index in [1.165, 1.54) is 24.3 Å². The van der Waals surface area contributed by atoms with Gasteiger partial charge in [0.15, 0.2) is 0 Å². The molecule has 3 aliphatic heterocycles. The van der Waals surface area contributed by atoms with Crippen molar-refractivity contribution in [1.82, 2.24) is 15.1 Å². The Kier molecular flexibility index (Phi) is 4.99. The number of nitrogens with one attached hydrogen (secondary N) is 1. The summed E-state index contributed by atoms with van der Waals surface area (Å²) >= 11 is 2.05. The highest BCUT2D eigenvalue weighted by Crippen LogP contribution is 2.28. The second-order valence-electron chi connectivity index (χ2n) is 7.08. The molecule has 0 radical (unpaired) electrons. The minimum absolute atomic E-state index is 0.0617. The number of amides is 2. The lowest BCUT2D eigenvalue weighted by atomic mass is 10.0. The van der Waals surface area contributed by atoms with Gasteiger partial charge in [-0.25, -0.2) is 0 Å². The Morgan fingerprint density at radius 3 is 2.60 bits per heavy atom. The normalized spacial score (nSPS) is 24.9. The number of rotatable bonds is 3. The predicted molar refractivity (Wildman–Crippen MR) is 99.8 cm³/mol. The van der Waals surface area contributed by atoms with Gasteiger partial charge in [0.25, 0.3) is 5.91 Å². The Hall–Kier alpha value is -1.53. The van der Waals surface area contributed by atoms with Crippen molar-refractivity contribution in [2.75, 3.05) is 37.7 Å². The van der Waals surface area contributed by atoms with Crippen LogP contribution in [-0.2, 0) is 4.79 Å². The Morgan fingerprint density at radius 2 is 1.84 bits per heavy atom. The van der Waals surface area contributed by atoms with Gasteiger partial charge >= 0.3 is 0 Å². The van der Waals surface area contributed by atoms with Crippen LogP contribution in [0.25, 0.3) is 0 Å². The summed E-state index contributed by atoms with van der Waals surface area (Å²) in [5.41, 5.74) is 1.67. The standard InChI is InChI=1S/C19H25N3O2S/c23-18(13-17-15-3-1-2-4-16(15)19(24)20-17)22-9-7-21(8-10-22)14-5-11-25-12-6-14/h1-4,14,17H,5-13H2,(H,20,24). The van der Waals surface area contributed by atoms with Crippen molar-refractivity contribution >= 4 is 23.6 Å². The Labute approximate surface area is 153 Å². The summed E-state index contributed by atoms with van der Waals surface area (Å²) in [5, 5.41) is 2.95. The maximum absolute atomic E-state index is 12.7. The highest BCUT2D eigenvalue weighted by Gasteiger charge is 2.32. The summed E-state index contributed by atoms with van der Waals surface area (Å²) < 4.78 is 0. The van der Waals surface area contributed by atoms with E-state index in [0.717, 1.165) is 31.7 Å². The molecule has 1 aromatic carbocycles. The third-order valence-electron chi connectivity index (χ3n) is 5.64. The van der Waals surface area contributed by atoms with Crippen LogP contribution in [-0.4, -0.2) is 65.3 Å². The van der Waals surface area contributed by atoms with Crippen molar-refractivity contribution in [1.29, 1.82) is 0 Å². The number of carbonyl (C=O) groups is 2. The molecule has 6 heteroatoms. The van der Waals surface area contributed by atoms with Gasteiger partial charge in [0, 0.05) is 37.8 Å². The molecule has 0 aliphatic carbocycles. The van der Waals surface area contributed by atoms with Gasteiger partial charge in [-0.15, -0.1) is 0 Å². The number of benzene rings is 1. The molecule has 1 aromatic rings. The van der Waals surface area contributed by atoms with Gasteiger partial charge in [0.2, 0.25) is 5.91 Å². The highest BCUT2D eigenvalue weighted by atomic mass is 32.2. The largest absolute Gasteiger partial charge is 0.345 e.